The molecule has 3 nitrogen and oxygen atoms in total. The lowest BCUT2D eigenvalue weighted by molar-refractivity contribution is -0.119. The molecular formula is C16H24Cl2N2OS. The van der Waals surface area contributed by atoms with E-state index in [2.05, 4.69) is 17.6 Å². The molecule has 1 heterocycles. The molecular weight excluding hydrogens is 339 g/mol. The predicted molar refractivity (Wildman–Crippen MR) is 98.1 cm³/mol. The predicted octanol–water partition coefficient (Wildman–Crippen LogP) is 3.50. The molecule has 6 heteroatoms. The number of thioether (sulfide) groups is 1. The Morgan fingerprint density at radius 2 is 2.14 bits per heavy atom. The second kappa shape index (κ2) is 9.66. The smallest absolute Gasteiger partial charge is 0.230 e. The highest BCUT2D eigenvalue weighted by Crippen LogP contribution is 2.26. The van der Waals surface area contributed by atoms with Crippen LogP contribution in [0.5, 0.6) is 0 Å². The molecule has 1 aromatic rings. The summed E-state index contributed by atoms with van der Waals surface area (Å²) < 4.78 is 0. The zero-order chi connectivity index (χ0) is 15.1. The van der Waals surface area contributed by atoms with E-state index >= 15 is 0 Å². The second-order valence-electron chi connectivity index (χ2n) is 5.96. The molecule has 0 aliphatic carbocycles. The lowest BCUT2D eigenvalue weighted by atomic mass is 9.81. The van der Waals surface area contributed by atoms with Crippen molar-refractivity contribution in [3.8, 4) is 0 Å². The summed E-state index contributed by atoms with van der Waals surface area (Å²) in [5.41, 5.74) is 1.41. The zero-order valence-corrected chi connectivity index (χ0v) is 15.3. The van der Waals surface area contributed by atoms with Crippen LogP contribution in [0.25, 0.3) is 0 Å². The van der Waals surface area contributed by atoms with Gasteiger partial charge in [-0.05, 0) is 49.0 Å². The van der Waals surface area contributed by atoms with E-state index < -0.39 is 0 Å². The summed E-state index contributed by atoms with van der Waals surface area (Å²) in [6.45, 7) is 5.14. The fourth-order valence-corrected chi connectivity index (χ4v) is 3.48. The molecule has 1 fully saturated rings. The van der Waals surface area contributed by atoms with Crippen LogP contribution in [-0.2, 0) is 10.5 Å². The quantitative estimate of drug-likeness (QED) is 0.813. The van der Waals surface area contributed by atoms with Gasteiger partial charge in [-0.15, -0.1) is 24.2 Å². The van der Waals surface area contributed by atoms with Crippen LogP contribution in [0.1, 0.15) is 25.3 Å². The maximum atomic E-state index is 11.9. The zero-order valence-electron chi connectivity index (χ0n) is 12.9. The maximum absolute atomic E-state index is 11.9. The number of hydrogen-bond donors (Lipinski definition) is 2. The van der Waals surface area contributed by atoms with Gasteiger partial charge >= 0.3 is 0 Å². The number of hydrogen-bond acceptors (Lipinski definition) is 3. The number of benzene rings is 1. The van der Waals surface area contributed by atoms with Crippen molar-refractivity contribution in [2.45, 2.75) is 25.5 Å². The Hall–Kier alpha value is -0.420. The van der Waals surface area contributed by atoms with Crippen molar-refractivity contribution in [1.82, 2.24) is 10.6 Å². The SMILES string of the molecule is CC1(CNC(=O)CSCc2cccc(Cl)c2)CCNCC1.Cl. The van der Waals surface area contributed by atoms with Crippen LogP contribution in [0.3, 0.4) is 0 Å². The lowest BCUT2D eigenvalue weighted by Crippen LogP contribution is -2.43. The van der Waals surface area contributed by atoms with Crippen LogP contribution >= 0.6 is 35.8 Å². The van der Waals surface area contributed by atoms with Crippen molar-refractivity contribution in [2.75, 3.05) is 25.4 Å². The van der Waals surface area contributed by atoms with Crippen molar-refractivity contribution in [3.05, 3.63) is 34.9 Å². The Morgan fingerprint density at radius 1 is 1.41 bits per heavy atom. The van der Waals surface area contributed by atoms with E-state index in [1.54, 1.807) is 11.8 Å². The third-order valence-corrected chi connectivity index (χ3v) is 5.15. The minimum atomic E-state index is 0. The van der Waals surface area contributed by atoms with Crippen molar-refractivity contribution in [3.63, 3.8) is 0 Å². The Labute approximate surface area is 148 Å². The molecule has 2 rings (SSSR count). The Balaban J connectivity index is 0.00000242. The van der Waals surface area contributed by atoms with Gasteiger partial charge in [-0.1, -0.05) is 30.7 Å². The number of carbonyl (C=O) groups excluding carboxylic acids is 1. The summed E-state index contributed by atoms with van der Waals surface area (Å²) in [5.74, 6) is 1.44. The van der Waals surface area contributed by atoms with Crippen LogP contribution in [0.15, 0.2) is 24.3 Å². The third kappa shape index (κ3) is 6.78. The molecule has 0 bridgehead atoms. The van der Waals surface area contributed by atoms with E-state index in [-0.39, 0.29) is 23.7 Å². The molecule has 1 aliphatic heterocycles. The summed E-state index contributed by atoms with van der Waals surface area (Å²) in [4.78, 5) is 11.9. The van der Waals surface area contributed by atoms with Crippen LogP contribution in [-0.4, -0.2) is 31.3 Å². The maximum Gasteiger partial charge on any atom is 0.230 e. The Bertz CT molecular complexity index is 479. The van der Waals surface area contributed by atoms with Crippen LogP contribution in [0, 0.1) is 5.41 Å². The van der Waals surface area contributed by atoms with Crippen molar-refractivity contribution >= 4 is 41.7 Å². The van der Waals surface area contributed by atoms with E-state index in [1.807, 2.05) is 24.3 Å². The lowest BCUT2D eigenvalue weighted by Gasteiger charge is -2.34. The molecule has 0 saturated carbocycles. The Morgan fingerprint density at radius 3 is 2.82 bits per heavy atom. The highest BCUT2D eigenvalue weighted by molar-refractivity contribution is 7.99. The largest absolute Gasteiger partial charge is 0.355 e. The molecule has 1 amide bonds. The van der Waals surface area contributed by atoms with Gasteiger partial charge < -0.3 is 10.6 Å². The fourth-order valence-electron chi connectivity index (χ4n) is 2.46. The van der Waals surface area contributed by atoms with Crippen LogP contribution in [0.2, 0.25) is 5.02 Å². The first kappa shape index (κ1) is 19.6. The molecule has 1 aromatic carbocycles. The molecule has 0 atom stereocenters. The van der Waals surface area contributed by atoms with Crippen molar-refractivity contribution in [2.24, 2.45) is 5.41 Å². The number of nitrogens with one attached hydrogen (secondary N) is 2. The summed E-state index contributed by atoms with van der Waals surface area (Å²) >= 11 is 7.57. The molecule has 2 N–H and O–H groups in total. The fraction of sp³-hybridized carbons (Fsp3) is 0.562. The van der Waals surface area contributed by atoms with Gasteiger partial charge in [0.05, 0.1) is 5.75 Å². The van der Waals surface area contributed by atoms with Gasteiger partial charge in [0.15, 0.2) is 0 Å². The van der Waals surface area contributed by atoms with Gasteiger partial charge in [0.1, 0.15) is 0 Å². The second-order valence-corrected chi connectivity index (χ2v) is 7.38. The monoisotopic (exact) mass is 362 g/mol. The van der Waals surface area contributed by atoms with E-state index in [4.69, 9.17) is 11.6 Å². The van der Waals surface area contributed by atoms with Crippen LogP contribution < -0.4 is 10.6 Å². The molecule has 0 radical (unpaired) electrons. The highest BCUT2D eigenvalue weighted by atomic mass is 35.5. The Kier molecular flexibility index (Phi) is 8.62. The third-order valence-electron chi connectivity index (χ3n) is 3.91. The van der Waals surface area contributed by atoms with Gasteiger partial charge in [0, 0.05) is 17.3 Å². The first-order valence-corrected chi connectivity index (χ1v) is 8.90. The minimum absolute atomic E-state index is 0. The van der Waals surface area contributed by atoms with Gasteiger partial charge in [-0.3, -0.25) is 4.79 Å². The number of piperidine rings is 1. The highest BCUT2D eigenvalue weighted by Gasteiger charge is 2.26. The molecule has 1 aliphatic rings. The topological polar surface area (TPSA) is 41.1 Å². The van der Waals surface area contributed by atoms with Gasteiger partial charge in [-0.2, -0.15) is 0 Å². The number of rotatable bonds is 6. The summed E-state index contributed by atoms with van der Waals surface area (Å²) in [5, 5.41) is 7.18. The van der Waals surface area contributed by atoms with E-state index in [0.717, 1.165) is 48.8 Å². The van der Waals surface area contributed by atoms with Gasteiger partial charge in [0.25, 0.3) is 0 Å². The van der Waals surface area contributed by atoms with E-state index in [1.165, 1.54) is 0 Å². The molecule has 0 unspecified atom stereocenters. The number of halogens is 2. The number of carbonyl (C=O) groups is 1. The van der Waals surface area contributed by atoms with Crippen molar-refractivity contribution < 1.29 is 4.79 Å². The molecule has 1 saturated heterocycles. The van der Waals surface area contributed by atoms with Crippen molar-refractivity contribution in [1.29, 1.82) is 0 Å². The van der Waals surface area contributed by atoms with E-state index in [9.17, 15) is 4.79 Å². The van der Waals surface area contributed by atoms with E-state index in [0.29, 0.717) is 5.75 Å². The summed E-state index contributed by atoms with van der Waals surface area (Å²) in [6, 6.07) is 7.79. The molecule has 0 spiro atoms. The molecule has 124 valence electrons. The standard InChI is InChI=1S/C16H23ClN2OS.ClH/c1-16(5-7-18-8-6-16)12-19-15(20)11-21-10-13-3-2-4-14(17)9-13;/h2-4,9,18H,5-8,10-12H2,1H3,(H,19,20);1H. The first-order valence-electron chi connectivity index (χ1n) is 7.37. The summed E-state index contributed by atoms with van der Waals surface area (Å²) in [6.07, 6.45) is 2.26. The summed E-state index contributed by atoms with van der Waals surface area (Å²) in [7, 11) is 0. The molecule has 22 heavy (non-hydrogen) atoms. The first-order chi connectivity index (χ1) is 10.1. The average molecular weight is 363 g/mol. The average Bonchev–Trinajstić information content (AvgIpc) is 2.46. The van der Waals surface area contributed by atoms with Gasteiger partial charge in [-0.25, -0.2) is 0 Å². The minimum Gasteiger partial charge on any atom is -0.355 e. The van der Waals surface area contributed by atoms with Gasteiger partial charge in [0.2, 0.25) is 5.91 Å². The normalized spacial score (nSPS) is 16.6. The number of amides is 1. The molecule has 0 aromatic heterocycles. The van der Waals surface area contributed by atoms with Crippen LogP contribution in [0.4, 0.5) is 0 Å².